The minimum atomic E-state index is -0.953. The van der Waals surface area contributed by atoms with Crippen LogP contribution in [0.2, 0.25) is 0 Å². The second-order valence-corrected chi connectivity index (χ2v) is 4.93. The highest BCUT2D eigenvalue weighted by Crippen LogP contribution is 2.35. The highest BCUT2D eigenvalue weighted by molar-refractivity contribution is 5.89. The standard InChI is InChI=1S/C16H16N2O3/c1-11-12(16(19)20)7-8-15(17-11)18-9-4-10-21-14-6-3-2-5-13(14)18/h2-3,5-8H,4,9-10H2,1H3,(H,19,20). The van der Waals surface area contributed by atoms with Gasteiger partial charge < -0.3 is 14.7 Å². The Labute approximate surface area is 122 Å². The normalized spacial score (nSPS) is 14.0. The zero-order chi connectivity index (χ0) is 14.8. The van der Waals surface area contributed by atoms with Gasteiger partial charge in [0.1, 0.15) is 11.6 Å². The lowest BCUT2D eigenvalue weighted by Crippen LogP contribution is -2.19. The number of carboxylic acid groups (broad SMARTS) is 1. The second kappa shape index (κ2) is 5.44. The molecule has 0 saturated carbocycles. The first-order valence-corrected chi connectivity index (χ1v) is 6.87. The number of nitrogens with zero attached hydrogens (tertiary/aromatic N) is 2. The van der Waals surface area contributed by atoms with Gasteiger partial charge in [0, 0.05) is 6.54 Å². The number of anilines is 2. The monoisotopic (exact) mass is 284 g/mol. The van der Waals surface area contributed by atoms with E-state index in [0.29, 0.717) is 12.3 Å². The number of carboxylic acids is 1. The van der Waals surface area contributed by atoms with E-state index >= 15 is 0 Å². The highest BCUT2D eigenvalue weighted by Gasteiger charge is 2.19. The Morgan fingerprint density at radius 1 is 1.29 bits per heavy atom. The van der Waals surface area contributed by atoms with Gasteiger partial charge in [-0.2, -0.15) is 0 Å². The molecule has 0 fully saturated rings. The van der Waals surface area contributed by atoms with Gasteiger partial charge in [-0.05, 0) is 37.6 Å². The van der Waals surface area contributed by atoms with E-state index in [-0.39, 0.29) is 5.56 Å². The minimum Gasteiger partial charge on any atom is -0.491 e. The van der Waals surface area contributed by atoms with Crippen LogP contribution in [-0.4, -0.2) is 29.2 Å². The predicted molar refractivity (Wildman–Crippen MR) is 79.5 cm³/mol. The summed E-state index contributed by atoms with van der Waals surface area (Å²) in [6, 6.07) is 11.2. The van der Waals surface area contributed by atoms with E-state index in [1.165, 1.54) is 0 Å². The van der Waals surface area contributed by atoms with Crippen molar-refractivity contribution in [2.75, 3.05) is 18.1 Å². The van der Waals surface area contributed by atoms with E-state index in [1.807, 2.05) is 24.3 Å². The smallest absolute Gasteiger partial charge is 0.337 e. The molecule has 1 aliphatic heterocycles. The van der Waals surface area contributed by atoms with Crippen LogP contribution in [0.4, 0.5) is 11.5 Å². The molecular weight excluding hydrogens is 268 g/mol. The molecule has 2 aromatic rings. The number of benzene rings is 1. The van der Waals surface area contributed by atoms with Crippen LogP contribution in [-0.2, 0) is 0 Å². The van der Waals surface area contributed by atoms with E-state index in [2.05, 4.69) is 9.88 Å². The third kappa shape index (κ3) is 2.54. The van der Waals surface area contributed by atoms with Gasteiger partial charge >= 0.3 is 5.97 Å². The lowest BCUT2D eigenvalue weighted by Gasteiger charge is -2.23. The van der Waals surface area contributed by atoms with Crippen molar-refractivity contribution in [2.45, 2.75) is 13.3 Å². The van der Waals surface area contributed by atoms with Crippen molar-refractivity contribution in [2.24, 2.45) is 0 Å². The third-order valence-corrected chi connectivity index (χ3v) is 3.52. The van der Waals surface area contributed by atoms with Crippen molar-refractivity contribution in [1.29, 1.82) is 0 Å². The molecule has 5 heteroatoms. The first kappa shape index (κ1) is 13.4. The average molecular weight is 284 g/mol. The molecule has 1 N–H and O–H groups in total. The number of rotatable bonds is 2. The first-order chi connectivity index (χ1) is 10.2. The Morgan fingerprint density at radius 3 is 2.86 bits per heavy atom. The number of aromatic carboxylic acids is 1. The van der Waals surface area contributed by atoms with Crippen molar-refractivity contribution in [1.82, 2.24) is 4.98 Å². The highest BCUT2D eigenvalue weighted by atomic mass is 16.5. The summed E-state index contributed by atoms with van der Waals surface area (Å²) in [4.78, 5) is 17.6. The molecule has 108 valence electrons. The molecular formula is C16H16N2O3. The Bertz CT molecular complexity index is 685. The lowest BCUT2D eigenvalue weighted by molar-refractivity contribution is 0.0695. The quantitative estimate of drug-likeness (QED) is 0.918. The Hall–Kier alpha value is -2.56. The van der Waals surface area contributed by atoms with Gasteiger partial charge in [0.2, 0.25) is 0 Å². The van der Waals surface area contributed by atoms with E-state index in [9.17, 15) is 4.79 Å². The Balaban J connectivity index is 2.04. The van der Waals surface area contributed by atoms with Crippen molar-refractivity contribution >= 4 is 17.5 Å². The molecule has 0 spiro atoms. The van der Waals surface area contributed by atoms with E-state index in [0.717, 1.165) is 30.2 Å². The molecule has 2 heterocycles. The zero-order valence-corrected chi connectivity index (χ0v) is 11.7. The molecule has 1 aromatic heterocycles. The van der Waals surface area contributed by atoms with Crippen LogP contribution < -0.4 is 9.64 Å². The number of carbonyl (C=O) groups is 1. The maximum absolute atomic E-state index is 11.1. The zero-order valence-electron chi connectivity index (χ0n) is 11.7. The summed E-state index contributed by atoms with van der Waals surface area (Å²) < 4.78 is 5.73. The average Bonchev–Trinajstić information content (AvgIpc) is 2.69. The molecule has 5 nitrogen and oxygen atoms in total. The molecule has 0 amide bonds. The lowest BCUT2D eigenvalue weighted by atomic mass is 10.2. The first-order valence-electron chi connectivity index (χ1n) is 6.87. The third-order valence-electron chi connectivity index (χ3n) is 3.52. The van der Waals surface area contributed by atoms with Gasteiger partial charge in [0.25, 0.3) is 0 Å². The summed E-state index contributed by atoms with van der Waals surface area (Å²) in [6.45, 7) is 3.17. The van der Waals surface area contributed by atoms with Gasteiger partial charge in [0.05, 0.1) is 23.6 Å². The molecule has 0 radical (unpaired) electrons. The molecule has 3 rings (SSSR count). The van der Waals surface area contributed by atoms with E-state index in [1.54, 1.807) is 19.1 Å². The summed E-state index contributed by atoms with van der Waals surface area (Å²) in [6.07, 6.45) is 0.885. The summed E-state index contributed by atoms with van der Waals surface area (Å²) >= 11 is 0. The number of aryl methyl sites for hydroxylation is 1. The fourth-order valence-corrected chi connectivity index (χ4v) is 2.49. The Morgan fingerprint density at radius 2 is 2.10 bits per heavy atom. The van der Waals surface area contributed by atoms with Crippen LogP contribution in [0.25, 0.3) is 0 Å². The van der Waals surface area contributed by atoms with Gasteiger partial charge in [-0.3, -0.25) is 0 Å². The minimum absolute atomic E-state index is 0.234. The van der Waals surface area contributed by atoms with E-state index < -0.39 is 5.97 Å². The SMILES string of the molecule is Cc1nc(N2CCCOc3ccccc32)ccc1C(=O)O. The van der Waals surface area contributed by atoms with Crippen LogP contribution in [0.5, 0.6) is 5.75 Å². The summed E-state index contributed by atoms with van der Waals surface area (Å²) in [7, 11) is 0. The predicted octanol–water partition coefficient (Wildman–Crippen LogP) is 3.01. The molecule has 0 aliphatic carbocycles. The number of fused-ring (bicyclic) bond motifs is 1. The number of pyridine rings is 1. The van der Waals surface area contributed by atoms with Crippen LogP contribution in [0, 0.1) is 6.92 Å². The number of hydrogen-bond donors (Lipinski definition) is 1. The molecule has 0 unspecified atom stereocenters. The maximum atomic E-state index is 11.1. The summed E-state index contributed by atoms with van der Waals surface area (Å²) in [5, 5.41) is 9.10. The summed E-state index contributed by atoms with van der Waals surface area (Å²) in [5.41, 5.74) is 1.71. The van der Waals surface area contributed by atoms with Crippen LogP contribution in [0.3, 0.4) is 0 Å². The second-order valence-electron chi connectivity index (χ2n) is 4.93. The van der Waals surface area contributed by atoms with Gasteiger partial charge in [0.15, 0.2) is 0 Å². The molecule has 1 aliphatic rings. The number of hydrogen-bond acceptors (Lipinski definition) is 4. The molecule has 21 heavy (non-hydrogen) atoms. The fourth-order valence-electron chi connectivity index (χ4n) is 2.49. The number of ether oxygens (including phenoxy) is 1. The molecule has 1 aromatic carbocycles. The van der Waals surface area contributed by atoms with Crippen molar-refractivity contribution < 1.29 is 14.6 Å². The number of aromatic nitrogens is 1. The van der Waals surface area contributed by atoms with Crippen molar-refractivity contribution in [3.05, 3.63) is 47.7 Å². The fraction of sp³-hybridized carbons (Fsp3) is 0.250. The summed E-state index contributed by atoms with van der Waals surface area (Å²) in [5.74, 6) is 0.623. The van der Waals surface area contributed by atoms with Gasteiger partial charge in [-0.15, -0.1) is 0 Å². The molecule has 0 bridgehead atoms. The van der Waals surface area contributed by atoms with E-state index in [4.69, 9.17) is 9.84 Å². The van der Waals surface area contributed by atoms with Crippen molar-refractivity contribution in [3.63, 3.8) is 0 Å². The topological polar surface area (TPSA) is 62.7 Å². The largest absolute Gasteiger partial charge is 0.491 e. The molecule has 0 atom stereocenters. The Kier molecular flexibility index (Phi) is 3.48. The van der Waals surface area contributed by atoms with Crippen LogP contribution >= 0.6 is 0 Å². The maximum Gasteiger partial charge on any atom is 0.337 e. The number of para-hydroxylation sites is 2. The van der Waals surface area contributed by atoms with Gasteiger partial charge in [-0.25, -0.2) is 9.78 Å². The molecule has 0 saturated heterocycles. The van der Waals surface area contributed by atoms with Gasteiger partial charge in [-0.1, -0.05) is 12.1 Å². The van der Waals surface area contributed by atoms with Crippen LogP contribution in [0.1, 0.15) is 22.5 Å². The van der Waals surface area contributed by atoms with Crippen LogP contribution in [0.15, 0.2) is 36.4 Å². The van der Waals surface area contributed by atoms with Crippen molar-refractivity contribution in [3.8, 4) is 5.75 Å².